The fourth-order valence-corrected chi connectivity index (χ4v) is 5.04. The molecule has 25 heavy (non-hydrogen) atoms. The molecule has 0 atom stereocenters. The molecule has 148 valence electrons. The zero-order valence-electron chi connectivity index (χ0n) is 15.9. The molecule has 0 aromatic carbocycles. The van der Waals surface area contributed by atoms with E-state index >= 15 is 0 Å². The van der Waals surface area contributed by atoms with Gasteiger partial charge in [0.1, 0.15) is 0 Å². The highest BCUT2D eigenvalue weighted by atomic mass is 32.2. The van der Waals surface area contributed by atoms with E-state index in [0.717, 1.165) is 0 Å². The van der Waals surface area contributed by atoms with Gasteiger partial charge in [-0.05, 0) is 27.2 Å². The largest absolute Gasteiger partial charge is 0.357 e. The molecule has 0 amide bonds. The lowest BCUT2D eigenvalue weighted by Crippen LogP contribution is -2.57. The first-order valence-corrected chi connectivity index (χ1v) is 12.2. The van der Waals surface area contributed by atoms with Crippen molar-refractivity contribution < 1.29 is 16.8 Å². The van der Waals surface area contributed by atoms with E-state index in [1.54, 1.807) is 13.8 Å². The Bertz CT molecular complexity index is 672. The van der Waals surface area contributed by atoms with Crippen LogP contribution in [0.2, 0.25) is 0 Å². The van der Waals surface area contributed by atoms with Crippen LogP contribution in [0.25, 0.3) is 0 Å². The second-order valence-electron chi connectivity index (χ2n) is 6.84. The Morgan fingerprint density at radius 2 is 1.96 bits per heavy atom. The maximum atomic E-state index is 12.1. The molecule has 1 aliphatic heterocycles. The van der Waals surface area contributed by atoms with Crippen molar-refractivity contribution in [3.05, 3.63) is 0 Å². The maximum absolute atomic E-state index is 12.1. The summed E-state index contributed by atoms with van der Waals surface area (Å²) in [6.45, 7) is 10.1. The predicted molar refractivity (Wildman–Crippen MR) is 102 cm³/mol. The number of sulfone groups is 1. The Labute approximate surface area is 152 Å². The summed E-state index contributed by atoms with van der Waals surface area (Å²) in [6, 6.07) is 0. The average molecular weight is 397 g/mol. The summed E-state index contributed by atoms with van der Waals surface area (Å²) in [7, 11) is -6.28. The van der Waals surface area contributed by atoms with Crippen molar-refractivity contribution in [1.29, 1.82) is 0 Å². The van der Waals surface area contributed by atoms with Gasteiger partial charge in [0.2, 0.25) is 10.0 Å². The number of nitrogens with zero attached hydrogens (tertiary/aromatic N) is 3. The Morgan fingerprint density at radius 1 is 1.32 bits per heavy atom. The first kappa shape index (κ1) is 22.2. The molecule has 0 unspecified atom stereocenters. The molecule has 0 radical (unpaired) electrons. The number of rotatable bonds is 7. The normalized spacial score (nSPS) is 20.7. The van der Waals surface area contributed by atoms with Gasteiger partial charge in [-0.15, -0.1) is 0 Å². The van der Waals surface area contributed by atoms with E-state index in [1.807, 2.05) is 18.7 Å². The first-order valence-electron chi connectivity index (χ1n) is 8.65. The van der Waals surface area contributed by atoms with Crippen LogP contribution in [0.15, 0.2) is 4.99 Å². The molecule has 1 rings (SSSR count). The number of guanidine groups is 1. The van der Waals surface area contributed by atoms with Crippen LogP contribution < -0.4 is 5.32 Å². The molecular formula is C15H32N4O4S2. The van der Waals surface area contributed by atoms with Crippen LogP contribution in [0.4, 0.5) is 0 Å². The van der Waals surface area contributed by atoms with Crippen molar-refractivity contribution in [1.82, 2.24) is 14.5 Å². The van der Waals surface area contributed by atoms with Gasteiger partial charge in [-0.25, -0.2) is 21.1 Å². The summed E-state index contributed by atoms with van der Waals surface area (Å²) in [5.41, 5.74) is 0. The molecule has 1 N–H and O–H groups in total. The summed E-state index contributed by atoms with van der Waals surface area (Å²) in [5, 5.41) is 3.20. The standard InChI is InChI=1S/C15H32N4O4S2/c1-6-16-14(17-9-8-10-19(7-2)24(5,20)21)18-11-12-25(22,23)15(3,4)13-18/h6-13H2,1-5H3,(H,16,17). The Kier molecular flexibility index (Phi) is 7.70. The summed E-state index contributed by atoms with van der Waals surface area (Å²) in [5.74, 6) is 0.801. The quantitative estimate of drug-likeness (QED) is 0.373. The van der Waals surface area contributed by atoms with Gasteiger partial charge >= 0.3 is 0 Å². The third-order valence-corrected chi connectivity index (χ3v) is 8.24. The van der Waals surface area contributed by atoms with Gasteiger partial charge in [0.15, 0.2) is 15.8 Å². The van der Waals surface area contributed by atoms with Gasteiger partial charge in [0, 0.05) is 39.3 Å². The van der Waals surface area contributed by atoms with Crippen molar-refractivity contribution in [3.63, 3.8) is 0 Å². The first-order chi connectivity index (χ1) is 11.4. The SMILES string of the molecule is CCNC(=NCCCN(CC)S(C)(=O)=O)N1CCS(=O)(=O)C(C)(C)C1. The van der Waals surface area contributed by atoms with Gasteiger partial charge in [0.25, 0.3) is 0 Å². The fourth-order valence-electron chi connectivity index (χ4n) is 2.74. The van der Waals surface area contributed by atoms with Crippen LogP contribution in [0.5, 0.6) is 0 Å². The lowest BCUT2D eigenvalue weighted by atomic mass is 10.2. The molecule has 0 aromatic rings. The number of nitrogens with one attached hydrogen (secondary N) is 1. The van der Waals surface area contributed by atoms with E-state index in [-0.39, 0.29) is 5.75 Å². The molecule has 1 heterocycles. The van der Waals surface area contributed by atoms with E-state index in [1.165, 1.54) is 10.6 Å². The highest BCUT2D eigenvalue weighted by Gasteiger charge is 2.40. The highest BCUT2D eigenvalue weighted by molar-refractivity contribution is 7.92. The summed E-state index contributed by atoms with van der Waals surface area (Å²) < 4.78 is 48.1. The summed E-state index contributed by atoms with van der Waals surface area (Å²) in [4.78, 5) is 6.52. The van der Waals surface area contributed by atoms with E-state index in [4.69, 9.17) is 0 Å². The van der Waals surface area contributed by atoms with Crippen LogP contribution in [-0.4, -0.2) is 88.0 Å². The van der Waals surface area contributed by atoms with Crippen molar-refractivity contribution in [3.8, 4) is 0 Å². The zero-order valence-corrected chi connectivity index (χ0v) is 17.6. The molecule has 10 heteroatoms. The number of hydrogen-bond donors (Lipinski definition) is 1. The van der Waals surface area contributed by atoms with E-state index < -0.39 is 24.6 Å². The van der Waals surface area contributed by atoms with E-state index in [9.17, 15) is 16.8 Å². The Morgan fingerprint density at radius 3 is 2.44 bits per heavy atom. The number of aliphatic imine (C=N–C) groups is 1. The van der Waals surface area contributed by atoms with Crippen LogP contribution in [0.3, 0.4) is 0 Å². The van der Waals surface area contributed by atoms with Gasteiger partial charge in [-0.2, -0.15) is 0 Å². The topological polar surface area (TPSA) is 99.2 Å². The Hall–Kier alpha value is -0.870. The minimum atomic E-state index is -3.18. The molecule has 0 spiro atoms. The molecule has 8 nitrogen and oxygen atoms in total. The summed E-state index contributed by atoms with van der Waals surface area (Å²) >= 11 is 0. The van der Waals surface area contributed by atoms with Gasteiger partial charge in [0.05, 0.1) is 16.8 Å². The van der Waals surface area contributed by atoms with Crippen molar-refractivity contribution in [2.75, 3.05) is 51.3 Å². The maximum Gasteiger partial charge on any atom is 0.211 e. The Balaban J connectivity index is 2.72. The van der Waals surface area contributed by atoms with E-state index in [2.05, 4.69) is 10.3 Å². The smallest absolute Gasteiger partial charge is 0.211 e. The van der Waals surface area contributed by atoms with Crippen LogP contribution in [-0.2, 0) is 19.9 Å². The van der Waals surface area contributed by atoms with E-state index in [0.29, 0.717) is 51.6 Å². The van der Waals surface area contributed by atoms with Gasteiger partial charge < -0.3 is 10.2 Å². The lowest BCUT2D eigenvalue weighted by molar-refractivity contribution is 0.353. The minimum absolute atomic E-state index is 0.113. The molecular weight excluding hydrogens is 364 g/mol. The van der Waals surface area contributed by atoms with Crippen molar-refractivity contribution in [2.24, 2.45) is 4.99 Å². The molecule has 0 saturated carbocycles. The fraction of sp³-hybridized carbons (Fsp3) is 0.933. The van der Waals surface area contributed by atoms with Gasteiger partial charge in [-0.1, -0.05) is 6.92 Å². The molecule has 0 aliphatic carbocycles. The summed E-state index contributed by atoms with van der Waals surface area (Å²) in [6.07, 6.45) is 1.82. The number of sulfonamides is 1. The highest BCUT2D eigenvalue weighted by Crippen LogP contribution is 2.23. The zero-order chi connectivity index (χ0) is 19.3. The molecule has 1 aliphatic rings. The number of hydrogen-bond acceptors (Lipinski definition) is 5. The molecule has 1 fully saturated rings. The molecule has 0 aromatic heterocycles. The minimum Gasteiger partial charge on any atom is -0.357 e. The molecule has 1 saturated heterocycles. The lowest BCUT2D eigenvalue weighted by Gasteiger charge is -2.39. The third kappa shape index (κ3) is 6.10. The van der Waals surface area contributed by atoms with Gasteiger partial charge in [-0.3, -0.25) is 4.99 Å². The van der Waals surface area contributed by atoms with Crippen LogP contribution in [0, 0.1) is 0 Å². The second kappa shape index (κ2) is 8.68. The van der Waals surface area contributed by atoms with Crippen molar-refractivity contribution >= 4 is 25.8 Å². The average Bonchev–Trinajstić information content (AvgIpc) is 2.47. The third-order valence-electron chi connectivity index (χ3n) is 4.33. The van der Waals surface area contributed by atoms with Crippen LogP contribution >= 0.6 is 0 Å². The predicted octanol–water partition coefficient (Wildman–Crippen LogP) is 0.133. The second-order valence-corrected chi connectivity index (χ2v) is 11.6. The monoisotopic (exact) mass is 396 g/mol. The molecule has 0 bridgehead atoms. The van der Waals surface area contributed by atoms with Crippen LogP contribution in [0.1, 0.15) is 34.1 Å². The van der Waals surface area contributed by atoms with Crippen molar-refractivity contribution in [2.45, 2.75) is 38.9 Å².